The molecule has 3 rings (SSSR count). The van der Waals surface area contributed by atoms with Crippen molar-refractivity contribution in [3.8, 4) is 0 Å². The zero-order valence-corrected chi connectivity index (χ0v) is 11.7. The van der Waals surface area contributed by atoms with Crippen LogP contribution < -0.4 is 0 Å². The number of hydrogen-bond donors (Lipinski definition) is 1. The molecule has 4 nitrogen and oxygen atoms in total. The molecule has 21 heavy (non-hydrogen) atoms. The summed E-state index contributed by atoms with van der Waals surface area (Å²) >= 11 is 0. The first-order chi connectivity index (χ1) is 10.3. The number of aromatic nitrogens is 1. The van der Waals surface area contributed by atoms with Gasteiger partial charge in [-0.15, -0.1) is 0 Å². The van der Waals surface area contributed by atoms with E-state index in [9.17, 15) is 9.90 Å². The Morgan fingerprint density at radius 3 is 3.05 bits per heavy atom. The van der Waals surface area contributed by atoms with E-state index < -0.39 is 5.97 Å². The lowest BCUT2D eigenvalue weighted by atomic mass is 9.93. The highest BCUT2D eigenvalue weighted by molar-refractivity contribution is 5.89. The molecule has 0 saturated carbocycles. The highest BCUT2D eigenvalue weighted by Crippen LogP contribution is 2.30. The van der Waals surface area contributed by atoms with E-state index in [4.69, 9.17) is 4.74 Å². The van der Waals surface area contributed by atoms with Gasteiger partial charge >= 0.3 is 5.97 Å². The summed E-state index contributed by atoms with van der Waals surface area (Å²) in [5.74, 6) is -0.905. The average molecular weight is 283 g/mol. The number of carboxylic acids is 1. The molecule has 1 aliphatic rings. The Kier molecular flexibility index (Phi) is 3.97. The van der Waals surface area contributed by atoms with Crippen molar-refractivity contribution in [2.45, 2.75) is 25.4 Å². The van der Waals surface area contributed by atoms with E-state index >= 15 is 0 Å². The molecule has 0 amide bonds. The molecule has 1 N–H and O–H groups in total. The summed E-state index contributed by atoms with van der Waals surface area (Å²) in [4.78, 5) is 15.2. The number of aromatic carboxylic acids is 1. The van der Waals surface area contributed by atoms with Gasteiger partial charge in [-0.3, -0.25) is 4.98 Å². The van der Waals surface area contributed by atoms with Crippen LogP contribution in [0.2, 0.25) is 0 Å². The standard InChI is InChI=1S/C17H17NO3/c19-17(20)15-7-9-18-11-13(15)5-6-16-14-4-2-1-3-12(14)8-10-21-16/h1-4,7,9,11,16H,5-6,8,10H2,(H,19,20)/t16-/m0/s1. The number of fused-ring (bicyclic) bond motifs is 1. The van der Waals surface area contributed by atoms with E-state index in [0.29, 0.717) is 12.0 Å². The van der Waals surface area contributed by atoms with Crippen molar-refractivity contribution in [2.75, 3.05) is 6.61 Å². The number of aryl methyl sites for hydroxylation is 1. The summed E-state index contributed by atoms with van der Waals surface area (Å²) in [6.45, 7) is 0.723. The number of ether oxygens (including phenoxy) is 1. The van der Waals surface area contributed by atoms with Gasteiger partial charge in [-0.25, -0.2) is 4.79 Å². The van der Waals surface area contributed by atoms with Gasteiger partial charge in [0.25, 0.3) is 0 Å². The first kappa shape index (κ1) is 13.8. The molecular weight excluding hydrogens is 266 g/mol. The minimum Gasteiger partial charge on any atom is -0.478 e. The fourth-order valence-electron chi connectivity index (χ4n) is 2.84. The lowest BCUT2D eigenvalue weighted by Gasteiger charge is -2.26. The third-order valence-corrected chi connectivity index (χ3v) is 3.90. The number of carboxylic acid groups (broad SMARTS) is 1. The van der Waals surface area contributed by atoms with Crippen molar-refractivity contribution >= 4 is 5.97 Å². The largest absolute Gasteiger partial charge is 0.478 e. The number of pyridine rings is 1. The topological polar surface area (TPSA) is 59.4 Å². The zero-order chi connectivity index (χ0) is 14.7. The second-order valence-electron chi connectivity index (χ2n) is 5.18. The van der Waals surface area contributed by atoms with Gasteiger partial charge in [0, 0.05) is 12.4 Å². The van der Waals surface area contributed by atoms with Crippen LogP contribution in [-0.4, -0.2) is 22.7 Å². The summed E-state index contributed by atoms with van der Waals surface area (Å²) in [5.41, 5.74) is 3.65. The van der Waals surface area contributed by atoms with E-state index in [1.165, 1.54) is 17.3 Å². The van der Waals surface area contributed by atoms with Crippen LogP contribution in [0.1, 0.15) is 39.6 Å². The molecule has 1 aromatic heterocycles. The van der Waals surface area contributed by atoms with Crippen molar-refractivity contribution in [2.24, 2.45) is 0 Å². The van der Waals surface area contributed by atoms with Crippen LogP contribution in [0.4, 0.5) is 0 Å². The number of nitrogens with zero attached hydrogens (tertiary/aromatic N) is 1. The van der Waals surface area contributed by atoms with Crippen molar-refractivity contribution in [3.05, 3.63) is 65.0 Å². The molecule has 0 bridgehead atoms. The van der Waals surface area contributed by atoms with Gasteiger partial charge < -0.3 is 9.84 Å². The van der Waals surface area contributed by atoms with Crippen LogP contribution in [0, 0.1) is 0 Å². The van der Waals surface area contributed by atoms with Crippen LogP contribution in [-0.2, 0) is 17.6 Å². The Morgan fingerprint density at radius 2 is 2.19 bits per heavy atom. The van der Waals surface area contributed by atoms with Crippen LogP contribution in [0.25, 0.3) is 0 Å². The number of carbonyl (C=O) groups is 1. The predicted molar refractivity (Wildman–Crippen MR) is 78.4 cm³/mol. The van der Waals surface area contributed by atoms with Crippen LogP contribution in [0.3, 0.4) is 0 Å². The smallest absolute Gasteiger partial charge is 0.336 e. The van der Waals surface area contributed by atoms with Crippen molar-refractivity contribution in [1.29, 1.82) is 0 Å². The Hall–Kier alpha value is -2.20. The normalized spacial score (nSPS) is 17.2. The Morgan fingerprint density at radius 1 is 1.33 bits per heavy atom. The molecule has 0 saturated heterocycles. The van der Waals surface area contributed by atoms with Crippen molar-refractivity contribution in [3.63, 3.8) is 0 Å². The summed E-state index contributed by atoms with van der Waals surface area (Å²) in [7, 11) is 0. The molecule has 0 spiro atoms. The second-order valence-corrected chi connectivity index (χ2v) is 5.18. The van der Waals surface area contributed by atoms with E-state index in [-0.39, 0.29) is 6.10 Å². The summed E-state index contributed by atoms with van der Waals surface area (Å²) in [5, 5.41) is 9.20. The molecule has 0 aliphatic carbocycles. The molecular formula is C17H17NO3. The molecule has 0 unspecified atom stereocenters. The first-order valence-corrected chi connectivity index (χ1v) is 7.11. The lowest BCUT2D eigenvalue weighted by molar-refractivity contribution is 0.0366. The minimum absolute atomic E-state index is 0.0387. The molecule has 4 heteroatoms. The summed E-state index contributed by atoms with van der Waals surface area (Å²) in [6, 6.07) is 9.85. The fourth-order valence-corrected chi connectivity index (χ4v) is 2.84. The highest BCUT2D eigenvalue weighted by Gasteiger charge is 2.21. The van der Waals surface area contributed by atoms with Gasteiger partial charge in [0.05, 0.1) is 18.3 Å². The van der Waals surface area contributed by atoms with Gasteiger partial charge in [-0.1, -0.05) is 24.3 Å². The van der Waals surface area contributed by atoms with Crippen LogP contribution >= 0.6 is 0 Å². The molecule has 2 heterocycles. The second kappa shape index (κ2) is 6.06. The molecule has 0 fully saturated rings. The highest BCUT2D eigenvalue weighted by atomic mass is 16.5. The van der Waals surface area contributed by atoms with Crippen molar-refractivity contribution in [1.82, 2.24) is 4.98 Å². The first-order valence-electron chi connectivity index (χ1n) is 7.11. The quantitative estimate of drug-likeness (QED) is 0.937. The third-order valence-electron chi connectivity index (χ3n) is 3.90. The van der Waals surface area contributed by atoms with Gasteiger partial charge in [0.1, 0.15) is 0 Å². The maximum atomic E-state index is 11.2. The number of benzene rings is 1. The lowest BCUT2D eigenvalue weighted by Crippen LogP contribution is -2.17. The molecule has 2 aromatic rings. The van der Waals surface area contributed by atoms with Crippen LogP contribution in [0.15, 0.2) is 42.7 Å². The Labute approximate surface area is 123 Å². The minimum atomic E-state index is -0.905. The summed E-state index contributed by atoms with van der Waals surface area (Å²) < 4.78 is 5.86. The number of hydrogen-bond acceptors (Lipinski definition) is 3. The SMILES string of the molecule is O=C(O)c1ccncc1CC[C@@H]1OCCc2ccccc21. The summed E-state index contributed by atoms with van der Waals surface area (Å²) in [6.07, 6.45) is 5.55. The molecule has 0 radical (unpaired) electrons. The Bertz CT molecular complexity index is 654. The maximum Gasteiger partial charge on any atom is 0.336 e. The third kappa shape index (κ3) is 2.95. The van der Waals surface area contributed by atoms with Gasteiger partial charge in [0.15, 0.2) is 0 Å². The van der Waals surface area contributed by atoms with E-state index in [0.717, 1.165) is 25.0 Å². The van der Waals surface area contributed by atoms with Crippen molar-refractivity contribution < 1.29 is 14.6 Å². The maximum absolute atomic E-state index is 11.2. The van der Waals surface area contributed by atoms with Crippen LogP contribution in [0.5, 0.6) is 0 Å². The predicted octanol–water partition coefficient (Wildman–Crippen LogP) is 3.03. The molecule has 1 aromatic carbocycles. The van der Waals surface area contributed by atoms with Gasteiger partial charge in [-0.05, 0) is 42.0 Å². The average Bonchev–Trinajstić information content (AvgIpc) is 2.53. The van der Waals surface area contributed by atoms with E-state index in [2.05, 4.69) is 17.1 Å². The fraction of sp³-hybridized carbons (Fsp3) is 0.294. The molecule has 1 atom stereocenters. The number of rotatable bonds is 4. The monoisotopic (exact) mass is 283 g/mol. The molecule has 108 valence electrons. The zero-order valence-electron chi connectivity index (χ0n) is 11.7. The van der Waals surface area contributed by atoms with Gasteiger partial charge in [-0.2, -0.15) is 0 Å². The van der Waals surface area contributed by atoms with E-state index in [1.807, 2.05) is 12.1 Å². The van der Waals surface area contributed by atoms with E-state index in [1.54, 1.807) is 12.3 Å². The Balaban J connectivity index is 1.76. The van der Waals surface area contributed by atoms with Gasteiger partial charge in [0.2, 0.25) is 0 Å². The molecule has 1 aliphatic heterocycles.